The van der Waals surface area contributed by atoms with Crippen LogP contribution in [0.15, 0.2) is 0 Å². The van der Waals surface area contributed by atoms with Crippen LogP contribution in [-0.4, -0.2) is 63.0 Å². The van der Waals surface area contributed by atoms with Crippen molar-refractivity contribution in [1.82, 2.24) is 0 Å². The summed E-state index contributed by atoms with van der Waals surface area (Å²) in [5.74, 6) is -1.78. The molecule has 0 unspecified atom stereocenters. The molecule has 0 bridgehead atoms. The number of Topliss-reactive ketones (excluding diaryl/α,β-unsaturated/α-hetero) is 2. The lowest BCUT2D eigenvalue weighted by Crippen LogP contribution is -2.54. The molecule has 6 N–H and O–H groups in total. The first-order chi connectivity index (χ1) is 7.36. The highest BCUT2D eigenvalue weighted by Crippen LogP contribution is 2.05. The van der Waals surface area contributed by atoms with Gasteiger partial charge in [-0.1, -0.05) is 6.92 Å². The van der Waals surface area contributed by atoms with Crippen LogP contribution >= 0.6 is 0 Å². The Kier molecular flexibility index (Phi) is 6.31. The van der Waals surface area contributed by atoms with Gasteiger partial charge in [0.1, 0.15) is 24.4 Å². The van der Waals surface area contributed by atoms with Gasteiger partial charge in [0.15, 0.2) is 5.78 Å². The van der Waals surface area contributed by atoms with Crippen LogP contribution in [0.2, 0.25) is 0 Å². The van der Waals surface area contributed by atoms with Crippen LogP contribution in [0.1, 0.15) is 13.3 Å². The fourth-order valence-electron chi connectivity index (χ4n) is 1.06. The van der Waals surface area contributed by atoms with Gasteiger partial charge in [0.05, 0.1) is 6.61 Å². The molecule has 0 rings (SSSR count). The third kappa shape index (κ3) is 3.62. The predicted octanol–water partition coefficient (Wildman–Crippen LogP) is -3.06. The molecule has 0 saturated carbocycles. The zero-order valence-electron chi connectivity index (χ0n) is 8.91. The zero-order chi connectivity index (χ0) is 12.9. The Morgan fingerprint density at radius 2 is 1.69 bits per heavy atom. The molecule has 16 heavy (non-hydrogen) atoms. The summed E-state index contributed by atoms with van der Waals surface area (Å²) in [6.45, 7) is 0.666. The van der Waals surface area contributed by atoms with Crippen molar-refractivity contribution in [3.63, 3.8) is 0 Å². The molecule has 0 aromatic rings. The van der Waals surface area contributed by atoms with Gasteiger partial charge in [-0.2, -0.15) is 0 Å². The fourth-order valence-corrected chi connectivity index (χ4v) is 1.06. The molecule has 0 spiro atoms. The average molecular weight is 235 g/mol. The Balaban J connectivity index is 4.54. The second kappa shape index (κ2) is 6.66. The lowest BCUT2D eigenvalue weighted by Gasteiger charge is -2.25. The summed E-state index contributed by atoms with van der Waals surface area (Å²) in [5, 5.41) is 36.2. The standard InChI is InChI=1S/C9H17NO6/c1-2-4(12)7(14)6(10)9(16)8(15)5(13)3-11/h5-6,8-9,11,13,15-16H,2-3,10H2,1H3/t5-,6-,8-,9-/m1/s1. The smallest absolute Gasteiger partial charge is 0.217 e. The fraction of sp³-hybridized carbons (Fsp3) is 0.778. The molecule has 0 fully saturated rings. The molecular weight excluding hydrogens is 218 g/mol. The van der Waals surface area contributed by atoms with Gasteiger partial charge in [0.25, 0.3) is 0 Å². The van der Waals surface area contributed by atoms with Gasteiger partial charge in [-0.3, -0.25) is 9.59 Å². The number of carbonyl (C=O) groups excluding carboxylic acids is 2. The van der Waals surface area contributed by atoms with Crippen molar-refractivity contribution in [3.05, 3.63) is 0 Å². The third-order valence-electron chi connectivity index (χ3n) is 2.20. The molecule has 0 aliphatic rings. The second-order valence-corrected chi connectivity index (χ2v) is 3.40. The minimum atomic E-state index is -1.80. The maximum absolute atomic E-state index is 11.2. The molecule has 0 aromatic carbocycles. The van der Waals surface area contributed by atoms with Gasteiger partial charge < -0.3 is 26.2 Å². The van der Waals surface area contributed by atoms with E-state index in [-0.39, 0.29) is 6.42 Å². The first-order valence-corrected chi connectivity index (χ1v) is 4.84. The molecule has 0 saturated heterocycles. The van der Waals surface area contributed by atoms with Crippen molar-refractivity contribution in [2.45, 2.75) is 37.7 Å². The van der Waals surface area contributed by atoms with Gasteiger partial charge >= 0.3 is 0 Å². The Labute approximate surface area is 92.5 Å². The predicted molar refractivity (Wildman–Crippen MR) is 53.4 cm³/mol. The highest BCUT2D eigenvalue weighted by atomic mass is 16.4. The van der Waals surface area contributed by atoms with Crippen LogP contribution in [0.25, 0.3) is 0 Å². The lowest BCUT2D eigenvalue weighted by atomic mass is 9.96. The number of nitrogens with two attached hydrogens (primary N) is 1. The van der Waals surface area contributed by atoms with E-state index in [1.165, 1.54) is 6.92 Å². The molecule has 0 heterocycles. The normalized spacial score (nSPS) is 18.6. The number of hydrogen-bond donors (Lipinski definition) is 5. The van der Waals surface area contributed by atoms with E-state index in [1.807, 2.05) is 0 Å². The van der Waals surface area contributed by atoms with E-state index >= 15 is 0 Å². The van der Waals surface area contributed by atoms with Gasteiger partial charge in [0.2, 0.25) is 5.78 Å². The molecule has 7 heteroatoms. The van der Waals surface area contributed by atoms with E-state index in [9.17, 15) is 19.8 Å². The Morgan fingerprint density at radius 1 is 1.19 bits per heavy atom. The van der Waals surface area contributed by atoms with Crippen molar-refractivity contribution in [3.8, 4) is 0 Å². The average Bonchev–Trinajstić information content (AvgIpc) is 2.32. The Hall–Kier alpha value is -0.860. The molecule has 94 valence electrons. The van der Waals surface area contributed by atoms with Gasteiger partial charge in [-0.25, -0.2) is 0 Å². The van der Waals surface area contributed by atoms with Gasteiger partial charge in [-0.15, -0.1) is 0 Å². The molecule has 4 atom stereocenters. The van der Waals surface area contributed by atoms with Crippen LogP contribution < -0.4 is 5.73 Å². The topological polar surface area (TPSA) is 141 Å². The SMILES string of the molecule is CCC(=O)C(=O)[C@@H](N)[C@@H](O)[C@H](O)[C@H](O)CO. The number of rotatable bonds is 7. The summed E-state index contributed by atoms with van der Waals surface area (Å²) in [6, 6.07) is -1.61. The number of aliphatic hydroxyl groups is 4. The quantitative estimate of drug-likeness (QED) is 0.295. The Morgan fingerprint density at radius 3 is 2.06 bits per heavy atom. The van der Waals surface area contributed by atoms with Crippen LogP contribution in [0.4, 0.5) is 0 Å². The first-order valence-electron chi connectivity index (χ1n) is 4.84. The van der Waals surface area contributed by atoms with Crippen molar-refractivity contribution >= 4 is 11.6 Å². The van der Waals surface area contributed by atoms with E-state index in [2.05, 4.69) is 0 Å². The summed E-state index contributed by atoms with van der Waals surface area (Å²) < 4.78 is 0. The van der Waals surface area contributed by atoms with Gasteiger partial charge in [0, 0.05) is 6.42 Å². The number of hydrogen-bond acceptors (Lipinski definition) is 7. The summed E-state index contributed by atoms with van der Waals surface area (Å²) >= 11 is 0. The second-order valence-electron chi connectivity index (χ2n) is 3.40. The monoisotopic (exact) mass is 235 g/mol. The van der Waals surface area contributed by atoms with Crippen LogP contribution in [0, 0.1) is 0 Å². The largest absolute Gasteiger partial charge is 0.394 e. The maximum atomic E-state index is 11.2. The first kappa shape index (κ1) is 15.1. The van der Waals surface area contributed by atoms with E-state index < -0.39 is 42.5 Å². The van der Waals surface area contributed by atoms with Gasteiger partial charge in [-0.05, 0) is 0 Å². The molecule has 0 amide bonds. The number of ketones is 2. The molecule has 0 aliphatic heterocycles. The van der Waals surface area contributed by atoms with E-state index in [1.54, 1.807) is 0 Å². The minimum Gasteiger partial charge on any atom is -0.394 e. The van der Waals surface area contributed by atoms with E-state index in [0.717, 1.165) is 0 Å². The van der Waals surface area contributed by atoms with Crippen molar-refractivity contribution in [2.24, 2.45) is 5.73 Å². The molecular formula is C9H17NO6. The molecule has 0 aliphatic carbocycles. The van der Waals surface area contributed by atoms with Crippen LogP contribution in [0.3, 0.4) is 0 Å². The maximum Gasteiger partial charge on any atom is 0.217 e. The third-order valence-corrected chi connectivity index (χ3v) is 2.20. The number of carbonyl (C=O) groups is 2. The van der Waals surface area contributed by atoms with E-state index in [4.69, 9.17) is 15.9 Å². The van der Waals surface area contributed by atoms with Crippen molar-refractivity contribution in [1.29, 1.82) is 0 Å². The highest BCUT2D eigenvalue weighted by molar-refractivity contribution is 6.39. The molecule has 0 radical (unpaired) electrons. The summed E-state index contributed by atoms with van der Waals surface area (Å²) in [7, 11) is 0. The molecule has 0 aromatic heterocycles. The lowest BCUT2D eigenvalue weighted by molar-refractivity contribution is -0.142. The van der Waals surface area contributed by atoms with Crippen molar-refractivity contribution < 1.29 is 30.0 Å². The number of aliphatic hydroxyl groups excluding tert-OH is 4. The van der Waals surface area contributed by atoms with E-state index in [0.29, 0.717) is 0 Å². The highest BCUT2D eigenvalue weighted by Gasteiger charge is 2.34. The zero-order valence-corrected chi connectivity index (χ0v) is 8.91. The van der Waals surface area contributed by atoms with Crippen molar-refractivity contribution in [2.75, 3.05) is 6.61 Å². The minimum absolute atomic E-state index is 0.0576. The summed E-state index contributed by atoms with van der Waals surface area (Å²) in [5.41, 5.74) is 5.26. The Bertz CT molecular complexity index is 256. The summed E-state index contributed by atoms with van der Waals surface area (Å²) in [4.78, 5) is 22.2. The van der Waals surface area contributed by atoms with Crippen LogP contribution in [0.5, 0.6) is 0 Å². The van der Waals surface area contributed by atoms with Crippen LogP contribution in [-0.2, 0) is 9.59 Å². The summed E-state index contributed by atoms with van der Waals surface area (Å²) in [6.07, 6.45) is -5.26. The molecule has 7 nitrogen and oxygen atoms in total.